The fraction of sp³-hybridized carbons (Fsp3) is 0.375. The van der Waals surface area contributed by atoms with E-state index in [1.54, 1.807) is 6.92 Å². The second kappa shape index (κ2) is 8.66. The van der Waals surface area contributed by atoms with Gasteiger partial charge in [-0.2, -0.15) is 0 Å². The van der Waals surface area contributed by atoms with Gasteiger partial charge in [0.15, 0.2) is 0 Å². The third-order valence-electron chi connectivity index (χ3n) is 3.24. The van der Waals surface area contributed by atoms with Crippen molar-refractivity contribution < 1.29 is 29.5 Å². The van der Waals surface area contributed by atoms with Crippen LogP contribution in [0.3, 0.4) is 0 Å². The van der Waals surface area contributed by atoms with Gasteiger partial charge in [0.25, 0.3) is 5.69 Å². The number of benzene rings is 1. The number of ether oxygens (including phenoxy) is 1. The average Bonchev–Trinajstić information content (AvgIpc) is 2.51. The van der Waals surface area contributed by atoms with Crippen molar-refractivity contribution in [1.82, 2.24) is 0 Å². The van der Waals surface area contributed by atoms with Crippen molar-refractivity contribution in [3.63, 3.8) is 0 Å². The summed E-state index contributed by atoms with van der Waals surface area (Å²) in [6, 6.07) is 4.06. The number of carboxylic acid groups (broad SMARTS) is 2. The van der Waals surface area contributed by atoms with E-state index in [0.29, 0.717) is 19.3 Å². The van der Waals surface area contributed by atoms with E-state index in [-0.39, 0.29) is 29.0 Å². The number of nitrogens with zero attached hydrogens (tertiary/aromatic N) is 1. The summed E-state index contributed by atoms with van der Waals surface area (Å²) < 4.78 is 5.32. The fourth-order valence-corrected chi connectivity index (χ4v) is 2.23. The van der Waals surface area contributed by atoms with Crippen LogP contribution in [0.1, 0.15) is 38.7 Å². The van der Waals surface area contributed by atoms with E-state index < -0.39 is 22.6 Å². The van der Waals surface area contributed by atoms with E-state index in [4.69, 9.17) is 4.74 Å². The smallest absolute Gasteiger partial charge is 0.372 e. The molecule has 24 heavy (non-hydrogen) atoms. The Morgan fingerprint density at radius 2 is 1.83 bits per heavy atom. The molecule has 1 aromatic carbocycles. The zero-order valence-corrected chi connectivity index (χ0v) is 13.4. The van der Waals surface area contributed by atoms with E-state index in [1.165, 1.54) is 18.2 Å². The standard InChI is InChI=1S/C16H19NO7/c1-3-6-10-12(17(22)23)8-5-9-13(10)24-14(16(20)21)11(7-4-2)15(18)19/h5,8-9H,3-4,6-7H2,1-2H3,(H,18,19)(H,20,21). The number of rotatable bonds is 9. The molecular formula is C16H19NO7. The van der Waals surface area contributed by atoms with Gasteiger partial charge < -0.3 is 14.9 Å². The van der Waals surface area contributed by atoms with Crippen LogP contribution < -0.4 is 4.74 Å². The fourth-order valence-electron chi connectivity index (χ4n) is 2.23. The highest BCUT2D eigenvalue weighted by Crippen LogP contribution is 2.31. The molecular weight excluding hydrogens is 318 g/mol. The van der Waals surface area contributed by atoms with Gasteiger partial charge in [-0.25, -0.2) is 9.59 Å². The highest BCUT2D eigenvalue weighted by molar-refractivity contribution is 5.97. The van der Waals surface area contributed by atoms with Gasteiger partial charge >= 0.3 is 11.9 Å². The second-order valence-electron chi connectivity index (χ2n) is 5.03. The molecule has 1 rings (SSSR count). The summed E-state index contributed by atoms with van der Waals surface area (Å²) >= 11 is 0. The predicted octanol–water partition coefficient (Wildman–Crippen LogP) is 3.15. The third kappa shape index (κ3) is 4.55. The zero-order valence-electron chi connectivity index (χ0n) is 13.4. The van der Waals surface area contributed by atoms with Crippen LogP contribution in [0.25, 0.3) is 0 Å². The maximum atomic E-state index is 11.4. The largest absolute Gasteiger partial charge is 0.478 e. The minimum absolute atomic E-state index is 0.00893. The second-order valence-corrected chi connectivity index (χ2v) is 5.03. The first-order chi connectivity index (χ1) is 11.3. The van der Waals surface area contributed by atoms with Crippen LogP contribution in [-0.4, -0.2) is 27.1 Å². The van der Waals surface area contributed by atoms with Gasteiger partial charge in [0.1, 0.15) is 5.75 Å². The summed E-state index contributed by atoms with van der Waals surface area (Å²) in [6.07, 6.45) is 1.30. The van der Waals surface area contributed by atoms with Crippen molar-refractivity contribution >= 4 is 17.6 Å². The van der Waals surface area contributed by atoms with Gasteiger partial charge in [0.2, 0.25) is 5.76 Å². The molecule has 0 fully saturated rings. The van der Waals surface area contributed by atoms with Gasteiger partial charge in [0, 0.05) is 6.07 Å². The van der Waals surface area contributed by atoms with Crippen LogP contribution >= 0.6 is 0 Å². The highest BCUT2D eigenvalue weighted by Gasteiger charge is 2.25. The lowest BCUT2D eigenvalue weighted by molar-refractivity contribution is -0.385. The number of hydrogen-bond acceptors (Lipinski definition) is 5. The lowest BCUT2D eigenvalue weighted by Gasteiger charge is -2.13. The maximum absolute atomic E-state index is 11.4. The molecule has 0 bridgehead atoms. The third-order valence-corrected chi connectivity index (χ3v) is 3.24. The molecule has 0 aliphatic heterocycles. The summed E-state index contributed by atoms with van der Waals surface area (Å²) in [5.41, 5.74) is -0.324. The number of carbonyl (C=O) groups is 2. The molecule has 0 spiro atoms. The zero-order chi connectivity index (χ0) is 18.3. The van der Waals surface area contributed by atoms with Crippen LogP contribution in [-0.2, 0) is 16.0 Å². The van der Waals surface area contributed by atoms with Gasteiger partial charge in [-0.3, -0.25) is 10.1 Å². The lowest BCUT2D eigenvalue weighted by atomic mass is 10.1. The molecule has 0 unspecified atom stereocenters. The van der Waals surface area contributed by atoms with E-state index in [9.17, 15) is 29.9 Å². The first kappa shape index (κ1) is 19.1. The molecule has 0 aliphatic carbocycles. The maximum Gasteiger partial charge on any atom is 0.372 e. The minimum atomic E-state index is -1.53. The van der Waals surface area contributed by atoms with Crippen molar-refractivity contribution in [2.75, 3.05) is 0 Å². The summed E-state index contributed by atoms with van der Waals surface area (Å²) in [4.78, 5) is 33.3. The van der Waals surface area contributed by atoms with Crippen molar-refractivity contribution in [3.8, 4) is 5.75 Å². The molecule has 130 valence electrons. The molecule has 8 heteroatoms. The molecule has 0 heterocycles. The Kier molecular flexibility index (Phi) is 6.91. The molecule has 8 nitrogen and oxygen atoms in total. The average molecular weight is 337 g/mol. The quantitative estimate of drug-likeness (QED) is 0.306. The SMILES string of the molecule is CCCC(C(=O)O)=C(Oc1cccc([N+](=O)[O-])c1CCC)C(=O)O. The van der Waals surface area contributed by atoms with Gasteiger partial charge in [-0.1, -0.05) is 32.8 Å². The van der Waals surface area contributed by atoms with Gasteiger partial charge in [-0.15, -0.1) is 0 Å². The molecule has 0 saturated heterocycles. The number of nitro groups is 1. The van der Waals surface area contributed by atoms with Crippen LogP contribution in [0, 0.1) is 10.1 Å². The Morgan fingerprint density at radius 1 is 1.17 bits per heavy atom. The van der Waals surface area contributed by atoms with E-state index in [0.717, 1.165) is 0 Å². The molecule has 2 N–H and O–H groups in total. The first-order valence-electron chi connectivity index (χ1n) is 7.47. The Bertz CT molecular complexity index is 679. The first-order valence-corrected chi connectivity index (χ1v) is 7.47. The van der Waals surface area contributed by atoms with Gasteiger partial charge in [0.05, 0.1) is 16.1 Å². The van der Waals surface area contributed by atoms with E-state index >= 15 is 0 Å². The molecule has 0 aromatic heterocycles. The normalized spacial score (nSPS) is 11.6. The molecule has 0 aliphatic rings. The number of hydrogen-bond donors (Lipinski definition) is 2. The van der Waals surface area contributed by atoms with E-state index in [2.05, 4.69) is 0 Å². The summed E-state index contributed by atoms with van der Waals surface area (Å²) in [5.74, 6) is -3.66. The van der Waals surface area contributed by atoms with Crippen molar-refractivity contribution in [1.29, 1.82) is 0 Å². The Labute approximate surface area is 138 Å². The van der Waals surface area contributed by atoms with Crippen molar-refractivity contribution in [2.45, 2.75) is 39.5 Å². The van der Waals surface area contributed by atoms with Crippen LogP contribution in [0.15, 0.2) is 29.5 Å². The summed E-state index contributed by atoms with van der Waals surface area (Å²) in [7, 11) is 0. The number of nitro benzene ring substituents is 1. The number of aliphatic carboxylic acids is 2. The molecule has 0 amide bonds. The Balaban J connectivity index is 3.46. The molecule has 0 atom stereocenters. The topological polar surface area (TPSA) is 127 Å². The summed E-state index contributed by atoms with van der Waals surface area (Å²) in [6.45, 7) is 3.52. The minimum Gasteiger partial charge on any atom is -0.478 e. The van der Waals surface area contributed by atoms with Crippen molar-refractivity contribution in [3.05, 3.63) is 45.2 Å². The highest BCUT2D eigenvalue weighted by atomic mass is 16.6. The van der Waals surface area contributed by atoms with Crippen LogP contribution in [0.4, 0.5) is 5.69 Å². The monoisotopic (exact) mass is 337 g/mol. The summed E-state index contributed by atoms with van der Waals surface area (Å²) in [5, 5.41) is 29.6. The molecule has 0 radical (unpaired) electrons. The molecule has 0 saturated carbocycles. The van der Waals surface area contributed by atoms with Gasteiger partial charge in [-0.05, 0) is 18.9 Å². The van der Waals surface area contributed by atoms with E-state index in [1.807, 2.05) is 6.92 Å². The van der Waals surface area contributed by atoms with Crippen LogP contribution in [0.2, 0.25) is 0 Å². The lowest BCUT2D eigenvalue weighted by Crippen LogP contribution is -2.17. The van der Waals surface area contributed by atoms with Crippen molar-refractivity contribution in [2.24, 2.45) is 0 Å². The Morgan fingerprint density at radius 3 is 2.29 bits per heavy atom. The predicted molar refractivity (Wildman–Crippen MR) is 84.9 cm³/mol. The van der Waals surface area contributed by atoms with Crippen LogP contribution in [0.5, 0.6) is 5.75 Å². The number of carboxylic acids is 2. The Hall–Kier alpha value is -2.90. The molecule has 1 aromatic rings.